The lowest BCUT2D eigenvalue weighted by atomic mass is 9.62. The first-order valence-electron chi connectivity index (χ1n) is 7.09. The summed E-state index contributed by atoms with van der Waals surface area (Å²) >= 11 is 0. The fraction of sp³-hybridized carbons (Fsp3) is 0.625. The Balaban J connectivity index is 1.87. The summed E-state index contributed by atoms with van der Waals surface area (Å²) in [6, 6.07) is 10.8. The zero-order valence-electron chi connectivity index (χ0n) is 10.4. The second-order valence-electron chi connectivity index (χ2n) is 5.78. The van der Waals surface area contributed by atoms with Crippen molar-refractivity contribution in [1.82, 2.24) is 0 Å². The molecule has 1 heteroatoms. The topological polar surface area (TPSA) is 20.2 Å². The summed E-state index contributed by atoms with van der Waals surface area (Å²) in [5, 5.41) is 10.3. The molecule has 2 aliphatic carbocycles. The Bertz CT molecular complexity index is 357. The molecule has 0 radical (unpaired) electrons. The SMILES string of the molecule is O[C@H]1CCC[C@H]2CCC[C@@H](c3ccccc3)[C@@H]21. The monoisotopic (exact) mass is 230 g/mol. The Morgan fingerprint density at radius 2 is 1.59 bits per heavy atom. The summed E-state index contributed by atoms with van der Waals surface area (Å²) in [5.41, 5.74) is 1.45. The molecule has 2 saturated carbocycles. The fourth-order valence-electron chi connectivity index (χ4n) is 4.10. The summed E-state index contributed by atoms with van der Waals surface area (Å²) in [7, 11) is 0. The third kappa shape index (κ3) is 2.13. The van der Waals surface area contributed by atoms with Gasteiger partial charge in [0.2, 0.25) is 0 Å². The molecule has 1 N–H and O–H groups in total. The van der Waals surface area contributed by atoms with Gasteiger partial charge in [-0.15, -0.1) is 0 Å². The van der Waals surface area contributed by atoms with Crippen molar-refractivity contribution < 1.29 is 5.11 Å². The van der Waals surface area contributed by atoms with E-state index >= 15 is 0 Å². The summed E-state index contributed by atoms with van der Waals surface area (Å²) in [5.74, 6) is 1.91. The first-order chi connectivity index (χ1) is 8.36. The number of hydrogen-bond donors (Lipinski definition) is 1. The Morgan fingerprint density at radius 1 is 0.882 bits per heavy atom. The van der Waals surface area contributed by atoms with E-state index in [4.69, 9.17) is 0 Å². The number of benzene rings is 1. The van der Waals surface area contributed by atoms with E-state index in [2.05, 4.69) is 30.3 Å². The molecule has 3 rings (SSSR count). The van der Waals surface area contributed by atoms with Crippen LogP contribution in [0, 0.1) is 11.8 Å². The van der Waals surface area contributed by atoms with Crippen LogP contribution >= 0.6 is 0 Å². The molecule has 0 amide bonds. The molecule has 0 heterocycles. The molecule has 0 spiro atoms. The molecule has 2 fully saturated rings. The van der Waals surface area contributed by atoms with E-state index in [1.54, 1.807) is 0 Å². The lowest BCUT2D eigenvalue weighted by Gasteiger charge is -2.44. The molecule has 4 atom stereocenters. The average Bonchev–Trinajstić information content (AvgIpc) is 2.39. The van der Waals surface area contributed by atoms with Crippen molar-refractivity contribution in [2.45, 2.75) is 50.5 Å². The van der Waals surface area contributed by atoms with Crippen LogP contribution < -0.4 is 0 Å². The van der Waals surface area contributed by atoms with Crippen molar-refractivity contribution >= 4 is 0 Å². The molecular weight excluding hydrogens is 208 g/mol. The maximum Gasteiger partial charge on any atom is 0.0576 e. The van der Waals surface area contributed by atoms with Crippen molar-refractivity contribution in [2.75, 3.05) is 0 Å². The minimum Gasteiger partial charge on any atom is -0.393 e. The molecule has 17 heavy (non-hydrogen) atoms. The van der Waals surface area contributed by atoms with Crippen LogP contribution in [0.5, 0.6) is 0 Å². The predicted octanol–water partition coefficient (Wildman–Crippen LogP) is 3.73. The average molecular weight is 230 g/mol. The highest BCUT2D eigenvalue weighted by Crippen LogP contribution is 2.48. The molecule has 0 aliphatic heterocycles. The third-order valence-electron chi connectivity index (χ3n) is 4.85. The van der Waals surface area contributed by atoms with E-state index < -0.39 is 0 Å². The normalized spacial score (nSPS) is 37.5. The number of rotatable bonds is 1. The Labute approximate surface area is 104 Å². The fourth-order valence-corrected chi connectivity index (χ4v) is 4.10. The van der Waals surface area contributed by atoms with Crippen molar-refractivity contribution in [3.63, 3.8) is 0 Å². The maximum atomic E-state index is 10.3. The Morgan fingerprint density at radius 3 is 2.35 bits per heavy atom. The maximum absolute atomic E-state index is 10.3. The van der Waals surface area contributed by atoms with Gasteiger partial charge in [0.05, 0.1) is 6.10 Å². The van der Waals surface area contributed by atoms with Crippen molar-refractivity contribution in [3.8, 4) is 0 Å². The number of aliphatic hydroxyl groups excluding tert-OH is 1. The van der Waals surface area contributed by atoms with Gasteiger partial charge in [-0.05, 0) is 42.6 Å². The van der Waals surface area contributed by atoms with Crippen LogP contribution in [0.3, 0.4) is 0 Å². The van der Waals surface area contributed by atoms with Crippen molar-refractivity contribution in [1.29, 1.82) is 0 Å². The van der Waals surface area contributed by atoms with Crippen LogP contribution in [0.15, 0.2) is 30.3 Å². The van der Waals surface area contributed by atoms with Gasteiger partial charge in [-0.25, -0.2) is 0 Å². The number of fused-ring (bicyclic) bond motifs is 1. The van der Waals surface area contributed by atoms with Crippen molar-refractivity contribution in [3.05, 3.63) is 35.9 Å². The Hall–Kier alpha value is -0.820. The van der Waals surface area contributed by atoms with Gasteiger partial charge in [0.15, 0.2) is 0 Å². The molecule has 92 valence electrons. The first kappa shape index (κ1) is 11.3. The first-order valence-corrected chi connectivity index (χ1v) is 7.09. The van der Waals surface area contributed by atoms with E-state index in [1.807, 2.05) is 0 Å². The van der Waals surface area contributed by atoms with Gasteiger partial charge in [0.1, 0.15) is 0 Å². The second-order valence-corrected chi connectivity index (χ2v) is 5.78. The van der Waals surface area contributed by atoms with Crippen LogP contribution in [0.25, 0.3) is 0 Å². The lowest BCUT2D eigenvalue weighted by molar-refractivity contribution is -0.00284. The van der Waals surface area contributed by atoms with E-state index in [-0.39, 0.29) is 6.10 Å². The van der Waals surface area contributed by atoms with Crippen molar-refractivity contribution in [2.24, 2.45) is 11.8 Å². The Kier molecular flexibility index (Phi) is 3.19. The van der Waals surface area contributed by atoms with Crippen LogP contribution in [0.4, 0.5) is 0 Å². The predicted molar refractivity (Wildman–Crippen MR) is 69.9 cm³/mol. The lowest BCUT2D eigenvalue weighted by Crippen LogP contribution is -2.39. The van der Waals surface area contributed by atoms with E-state index in [0.29, 0.717) is 11.8 Å². The zero-order chi connectivity index (χ0) is 11.7. The zero-order valence-corrected chi connectivity index (χ0v) is 10.4. The smallest absolute Gasteiger partial charge is 0.0576 e. The van der Waals surface area contributed by atoms with Gasteiger partial charge in [-0.3, -0.25) is 0 Å². The van der Waals surface area contributed by atoms with Crippen LogP contribution in [0.1, 0.15) is 50.0 Å². The summed E-state index contributed by atoms with van der Waals surface area (Å²) in [6.07, 6.45) is 7.47. The minimum absolute atomic E-state index is 0.0562. The highest BCUT2D eigenvalue weighted by molar-refractivity contribution is 5.22. The van der Waals surface area contributed by atoms with E-state index in [0.717, 1.165) is 12.3 Å². The summed E-state index contributed by atoms with van der Waals surface area (Å²) in [6.45, 7) is 0. The molecule has 1 nitrogen and oxygen atoms in total. The van der Waals surface area contributed by atoms with Crippen LogP contribution in [-0.4, -0.2) is 11.2 Å². The largest absolute Gasteiger partial charge is 0.393 e. The van der Waals surface area contributed by atoms with Gasteiger partial charge in [0.25, 0.3) is 0 Å². The number of aliphatic hydroxyl groups is 1. The number of hydrogen-bond acceptors (Lipinski definition) is 1. The van der Waals surface area contributed by atoms with Gasteiger partial charge in [-0.1, -0.05) is 49.6 Å². The molecule has 0 aromatic heterocycles. The highest BCUT2D eigenvalue weighted by atomic mass is 16.3. The van der Waals surface area contributed by atoms with Gasteiger partial charge in [-0.2, -0.15) is 0 Å². The summed E-state index contributed by atoms with van der Waals surface area (Å²) in [4.78, 5) is 0. The molecular formula is C16H22O. The van der Waals surface area contributed by atoms with E-state index in [1.165, 1.54) is 37.7 Å². The standard InChI is InChI=1S/C16H22O/c17-15-11-5-9-13-8-4-10-14(16(13)15)12-6-2-1-3-7-12/h1-3,6-7,13-17H,4-5,8-11H2/t13-,14+,15+,16-/m1/s1. The van der Waals surface area contributed by atoms with Gasteiger partial charge in [0, 0.05) is 0 Å². The summed E-state index contributed by atoms with van der Waals surface area (Å²) < 4.78 is 0. The third-order valence-corrected chi connectivity index (χ3v) is 4.85. The van der Waals surface area contributed by atoms with E-state index in [9.17, 15) is 5.11 Å². The molecule has 0 unspecified atom stereocenters. The molecule has 0 bridgehead atoms. The molecule has 2 aliphatic rings. The molecule has 1 aromatic rings. The van der Waals surface area contributed by atoms with Crippen LogP contribution in [0.2, 0.25) is 0 Å². The van der Waals surface area contributed by atoms with Gasteiger partial charge < -0.3 is 5.11 Å². The van der Waals surface area contributed by atoms with Gasteiger partial charge >= 0.3 is 0 Å². The highest BCUT2D eigenvalue weighted by Gasteiger charge is 2.40. The molecule has 1 aromatic carbocycles. The quantitative estimate of drug-likeness (QED) is 0.779. The second kappa shape index (κ2) is 4.81. The minimum atomic E-state index is -0.0562. The molecule has 0 saturated heterocycles. The van der Waals surface area contributed by atoms with Crippen LogP contribution in [-0.2, 0) is 0 Å².